The zero-order valence-corrected chi connectivity index (χ0v) is 30.5. The van der Waals surface area contributed by atoms with Gasteiger partial charge in [0, 0.05) is 6.42 Å². The van der Waals surface area contributed by atoms with Crippen LogP contribution in [0.1, 0.15) is 244 Å². The quantitative estimate of drug-likeness (QED) is 0.0658. The fourth-order valence-electron chi connectivity index (χ4n) is 6.83. The van der Waals surface area contributed by atoms with E-state index in [4.69, 9.17) is 5.11 Å². The lowest BCUT2D eigenvalue weighted by atomic mass is 9.94. The number of carboxylic acid groups (broad SMARTS) is 2. The lowest BCUT2D eigenvalue weighted by molar-refractivity contribution is -0.142. The molecule has 4 heteroatoms. The second-order valence-electron chi connectivity index (χ2n) is 14.4. The van der Waals surface area contributed by atoms with Crippen molar-refractivity contribution in [2.75, 3.05) is 0 Å². The van der Waals surface area contributed by atoms with Crippen LogP contribution in [0.2, 0.25) is 0 Å². The Morgan fingerprint density at radius 3 is 0.800 bits per heavy atom. The maximum absolute atomic E-state index is 11.7. The van der Waals surface area contributed by atoms with Gasteiger partial charge in [-0.25, -0.2) is 0 Å². The van der Waals surface area contributed by atoms with E-state index in [0.29, 0.717) is 6.42 Å². The zero-order valence-electron chi connectivity index (χ0n) is 30.5. The summed E-state index contributed by atoms with van der Waals surface area (Å²) in [6.07, 6.45) is 46.8. The van der Waals surface area contributed by atoms with E-state index in [1.807, 2.05) is 0 Å². The molecule has 0 aliphatic carbocycles. The molecular weight excluding hydrogens is 556 g/mol. The summed E-state index contributed by atoms with van der Waals surface area (Å²) in [7, 11) is 0. The maximum Gasteiger partial charge on any atom is 0.306 e. The van der Waals surface area contributed by atoms with E-state index in [-0.39, 0.29) is 5.92 Å². The summed E-state index contributed by atoms with van der Waals surface area (Å²) in [6.45, 7) is 2.27. The van der Waals surface area contributed by atoms with Crippen LogP contribution in [0.15, 0.2) is 0 Å². The van der Waals surface area contributed by atoms with Gasteiger partial charge >= 0.3 is 11.9 Å². The molecule has 0 aliphatic rings. The normalized spacial score (nSPS) is 12.1. The number of carbonyl (C=O) groups is 2. The van der Waals surface area contributed by atoms with Crippen molar-refractivity contribution < 1.29 is 19.8 Å². The molecule has 0 amide bonds. The van der Waals surface area contributed by atoms with E-state index in [1.54, 1.807) is 0 Å². The third-order valence-corrected chi connectivity index (χ3v) is 9.95. The first kappa shape index (κ1) is 43.9. The summed E-state index contributed by atoms with van der Waals surface area (Å²) in [5.41, 5.74) is 0. The SMILES string of the molecule is CCCCCCCCCCCCCC(CCCCCCCCCCCCCCCCCCCCCCCCCC(=O)O)C(=O)O. The molecule has 0 aliphatic heterocycles. The smallest absolute Gasteiger partial charge is 0.306 e. The standard InChI is InChI=1S/C41H80O4/c1-2-3-4-5-6-7-21-24-27-30-33-36-39(41(44)45)37-34-31-28-25-22-19-17-15-13-11-9-8-10-12-14-16-18-20-23-26-29-32-35-38-40(42)43/h39H,2-38H2,1H3,(H,42,43)(H,44,45). The molecule has 0 aromatic carbocycles. The number of hydrogen-bond acceptors (Lipinski definition) is 2. The van der Waals surface area contributed by atoms with Gasteiger partial charge in [0.15, 0.2) is 0 Å². The second-order valence-corrected chi connectivity index (χ2v) is 14.4. The van der Waals surface area contributed by atoms with Crippen molar-refractivity contribution in [3.63, 3.8) is 0 Å². The predicted octanol–water partition coefficient (Wildman–Crippen LogP) is 14.2. The monoisotopic (exact) mass is 637 g/mol. The van der Waals surface area contributed by atoms with Crippen LogP contribution in [-0.2, 0) is 9.59 Å². The molecule has 0 aromatic heterocycles. The highest BCUT2D eigenvalue weighted by Gasteiger charge is 2.16. The van der Waals surface area contributed by atoms with Crippen LogP contribution in [0.25, 0.3) is 0 Å². The van der Waals surface area contributed by atoms with Crippen LogP contribution in [0, 0.1) is 5.92 Å². The Hall–Kier alpha value is -1.06. The van der Waals surface area contributed by atoms with Crippen LogP contribution >= 0.6 is 0 Å². The Kier molecular flexibility index (Phi) is 36.5. The van der Waals surface area contributed by atoms with E-state index < -0.39 is 11.9 Å². The summed E-state index contributed by atoms with van der Waals surface area (Å²) in [5.74, 6) is -1.34. The number of hydrogen-bond donors (Lipinski definition) is 2. The topological polar surface area (TPSA) is 74.6 Å². The van der Waals surface area contributed by atoms with Crippen molar-refractivity contribution in [3.05, 3.63) is 0 Å². The summed E-state index contributed by atoms with van der Waals surface area (Å²) >= 11 is 0. The molecule has 0 fully saturated rings. The van der Waals surface area contributed by atoms with Gasteiger partial charge in [-0.05, 0) is 19.3 Å². The Balaban J connectivity index is 3.30. The van der Waals surface area contributed by atoms with Crippen molar-refractivity contribution in [2.24, 2.45) is 5.92 Å². The summed E-state index contributed by atoms with van der Waals surface area (Å²) < 4.78 is 0. The Labute approximate surface area is 281 Å². The van der Waals surface area contributed by atoms with Crippen molar-refractivity contribution in [1.29, 1.82) is 0 Å². The minimum atomic E-state index is -0.658. The van der Waals surface area contributed by atoms with Crippen LogP contribution < -0.4 is 0 Å². The van der Waals surface area contributed by atoms with Crippen molar-refractivity contribution in [3.8, 4) is 0 Å². The molecule has 268 valence electrons. The molecule has 0 heterocycles. The van der Waals surface area contributed by atoms with E-state index in [0.717, 1.165) is 38.5 Å². The first-order valence-electron chi connectivity index (χ1n) is 20.5. The predicted molar refractivity (Wildman–Crippen MR) is 195 cm³/mol. The van der Waals surface area contributed by atoms with Gasteiger partial charge in [0.25, 0.3) is 0 Å². The van der Waals surface area contributed by atoms with Crippen LogP contribution in [0.3, 0.4) is 0 Å². The molecular formula is C41H80O4. The molecule has 45 heavy (non-hydrogen) atoms. The fourth-order valence-corrected chi connectivity index (χ4v) is 6.83. The third-order valence-electron chi connectivity index (χ3n) is 9.95. The minimum Gasteiger partial charge on any atom is -0.481 e. The van der Waals surface area contributed by atoms with E-state index in [2.05, 4.69) is 6.92 Å². The molecule has 0 rings (SSSR count). The first-order chi connectivity index (χ1) is 22.1. The van der Waals surface area contributed by atoms with Crippen LogP contribution in [0.5, 0.6) is 0 Å². The minimum absolute atomic E-state index is 0.112. The number of unbranched alkanes of at least 4 members (excludes halogenated alkanes) is 32. The highest BCUT2D eigenvalue weighted by molar-refractivity contribution is 5.69. The average Bonchev–Trinajstić information content (AvgIpc) is 3.02. The van der Waals surface area contributed by atoms with Crippen LogP contribution in [-0.4, -0.2) is 22.2 Å². The maximum atomic E-state index is 11.7. The molecule has 0 radical (unpaired) electrons. The fraction of sp³-hybridized carbons (Fsp3) is 0.951. The summed E-state index contributed by atoms with van der Waals surface area (Å²) in [6, 6.07) is 0. The van der Waals surface area contributed by atoms with E-state index in [9.17, 15) is 14.7 Å². The van der Waals surface area contributed by atoms with Gasteiger partial charge in [-0.1, -0.05) is 219 Å². The molecule has 0 aromatic rings. The number of carboxylic acids is 2. The third kappa shape index (κ3) is 37.3. The Bertz CT molecular complexity index is 604. The van der Waals surface area contributed by atoms with Crippen molar-refractivity contribution >= 4 is 11.9 Å². The van der Waals surface area contributed by atoms with Gasteiger partial charge in [0.05, 0.1) is 5.92 Å². The summed E-state index contributed by atoms with van der Waals surface area (Å²) in [5, 5.41) is 18.3. The molecule has 1 atom stereocenters. The molecule has 0 saturated heterocycles. The van der Waals surface area contributed by atoms with Gasteiger partial charge in [0.2, 0.25) is 0 Å². The molecule has 0 spiro atoms. The molecule has 4 nitrogen and oxygen atoms in total. The first-order valence-corrected chi connectivity index (χ1v) is 20.5. The van der Waals surface area contributed by atoms with Crippen molar-refractivity contribution in [2.45, 2.75) is 244 Å². The number of aliphatic carboxylic acids is 2. The van der Waals surface area contributed by atoms with Gasteiger partial charge in [0.1, 0.15) is 0 Å². The Morgan fingerprint density at radius 1 is 0.356 bits per heavy atom. The van der Waals surface area contributed by atoms with E-state index in [1.165, 1.54) is 193 Å². The lowest BCUT2D eigenvalue weighted by Crippen LogP contribution is -2.13. The molecule has 0 bridgehead atoms. The van der Waals surface area contributed by atoms with Gasteiger partial charge in [-0.15, -0.1) is 0 Å². The average molecular weight is 637 g/mol. The van der Waals surface area contributed by atoms with Crippen LogP contribution in [0.4, 0.5) is 0 Å². The largest absolute Gasteiger partial charge is 0.481 e. The molecule has 1 unspecified atom stereocenters. The van der Waals surface area contributed by atoms with Gasteiger partial charge in [-0.2, -0.15) is 0 Å². The molecule has 0 saturated carbocycles. The highest BCUT2D eigenvalue weighted by atomic mass is 16.4. The highest BCUT2D eigenvalue weighted by Crippen LogP contribution is 2.21. The van der Waals surface area contributed by atoms with E-state index >= 15 is 0 Å². The number of rotatable bonds is 39. The lowest BCUT2D eigenvalue weighted by Gasteiger charge is -2.12. The van der Waals surface area contributed by atoms with Gasteiger partial charge < -0.3 is 10.2 Å². The van der Waals surface area contributed by atoms with Crippen molar-refractivity contribution in [1.82, 2.24) is 0 Å². The van der Waals surface area contributed by atoms with Gasteiger partial charge in [-0.3, -0.25) is 9.59 Å². The zero-order chi connectivity index (χ0) is 32.9. The molecule has 2 N–H and O–H groups in total. The summed E-state index contributed by atoms with van der Waals surface area (Å²) in [4.78, 5) is 22.2. The Morgan fingerprint density at radius 2 is 0.578 bits per heavy atom. The second kappa shape index (κ2) is 37.4.